The summed E-state index contributed by atoms with van der Waals surface area (Å²) in [6, 6.07) is 12.6. The topological polar surface area (TPSA) is 99.6 Å². The van der Waals surface area contributed by atoms with Gasteiger partial charge in [-0.1, -0.05) is 55.0 Å². The molecular formula is C32H34ClN3O6. The number of ether oxygens (including phenoxy) is 2. The Balaban J connectivity index is 1.43. The van der Waals surface area contributed by atoms with E-state index in [4.69, 9.17) is 21.1 Å². The van der Waals surface area contributed by atoms with Crippen LogP contribution in [0.25, 0.3) is 0 Å². The number of rotatable bonds is 7. The Bertz CT molecular complexity index is 1440. The van der Waals surface area contributed by atoms with Gasteiger partial charge in [0.15, 0.2) is 0 Å². The van der Waals surface area contributed by atoms with E-state index in [1.165, 1.54) is 4.90 Å². The molecule has 4 heterocycles. The van der Waals surface area contributed by atoms with Crippen LogP contribution in [0.2, 0.25) is 5.02 Å². The highest BCUT2D eigenvalue weighted by atomic mass is 35.5. The molecule has 42 heavy (non-hydrogen) atoms. The van der Waals surface area contributed by atoms with Crippen LogP contribution in [0.3, 0.4) is 0 Å². The first-order valence-corrected chi connectivity index (χ1v) is 14.8. The highest BCUT2D eigenvalue weighted by Crippen LogP contribution is 2.54. The number of nitrogens with zero attached hydrogens (tertiary/aromatic N) is 3. The Morgan fingerprint density at radius 3 is 2.43 bits per heavy atom. The van der Waals surface area contributed by atoms with E-state index in [1.807, 2.05) is 56.3 Å². The molecule has 0 radical (unpaired) electrons. The van der Waals surface area contributed by atoms with Gasteiger partial charge in [-0.05, 0) is 49.7 Å². The van der Waals surface area contributed by atoms with E-state index >= 15 is 0 Å². The number of carbonyl (C=O) groups is 3. The van der Waals surface area contributed by atoms with E-state index in [-0.39, 0.29) is 30.9 Å². The zero-order valence-corrected chi connectivity index (χ0v) is 24.3. The molecule has 4 aliphatic rings. The SMILES string of the molecule is CCOc1ccc(N2CC=C[C@H]3O[C@]45C=CCN(c6ccccc6Cl)C(=O)C4N([C@@H](CC)CO)C(=O)[C@@H]5[C@H]3C2=O)cc1. The maximum atomic E-state index is 14.5. The highest BCUT2D eigenvalue weighted by Gasteiger charge is 2.72. The first-order chi connectivity index (χ1) is 20.4. The lowest BCUT2D eigenvalue weighted by molar-refractivity contribution is -0.144. The minimum atomic E-state index is -1.40. The van der Waals surface area contributed by atoms with Crippen molar-refractivity contribution < 1.29 is 29.0 Å². The fourth-order valence-electron chi connectivity index (χ4n) is 6.89. The van der Waals surface area contributed by atoms with Gasteiger partial charge in [0.1, 0.15) is 17.4 Å². The zero-order chi connectivity index (χ0) is 29.6. The third-order valence-electron chi connectivity index (χ3n) is 8.77. The van der Waals surface area contributed by atoms with Crippen LogP contribution in [0.15, 0.2) is 72.8 Å². The van der Waals surface area contributed by atoms with Crippen LogP contribution in [-0.2, 0) is 19.1 Å². The Morgan fingerprint density at radius 2 is 1.74 bits per heavy atom. The number of aliphatic hydroxyl groups is 1. The van der Waals surface area contributed by atoms with E-state index in [2.05, 4.69) is 0 Å². The second-order valence-corrected chi connectivity index (χ2v) is 11.3. The number of hydrogen-bond acceptors (Lipinski definition) is 6. The zero-order valence-electron chi connectivity index (χ0n) is 23.6. The van der Waals surface area contributed by atoms with Crippen LogP contribution < -0.4 is 14.5 Å². The van der Waals surface area contributed by atoms with E-state index in [0.717, 1.165) is 0 Å². The summed E-state index contributed by atoms with van der Waals surface area (Å²) in [5.74, 6) is -2.12. The number of amides is 3. The number of halogens is 1. The number of para-hydroxylation sites is 1. The van der Waals surface area contributed by atoms with E-state index in [9.17, 15) is 19.5 Å². The molecule has 2 fully saturated rings. The second-order valence-electron chi connectivity index (χ2n) is 10.9. The van der Waals surface area contributed by atoms with Crippen molar-refractivity contribution in [2.24, 2.45) is 11.8 Å². The van der Waals surface area contributed by atoms with Crippen LogP contribution in [0, 0.1) is 11.8 Å². The van der Waals surface area contributed by atoms with Crippen molar-refractivity contribution in [3.63, 3.8) is 0 Å². The van der Waals surface area contributed by atoms with Gasteiger partial charge in [0, 0.05) is 18.8 Å². The number of carbonyl (C=O) groups excluding carboxylic acids is 3. The molecule has 0 bridgehead atoms. The van der Waals surface area contributed by atoms with Crippen molar-refractivity contribution in [1.82, 2.24) is 4.90 Å². The normalized spacial score (nSPS) is 29.2. The molecule has 2 saturated heterocycles. The van der Waals surface area contributed by atoms with Crippen molar-refractivity contribution in [3.8, 4) is 5.75 Å². The molecule has 2 aromatic rings. The predicted molar refractivity (Wildman–Crippen MR) is 158 cm³/mol. The van der Waals surface area contributed by atoms with Crippen LogP contribution >= 0.6 is 11.6 Å². The number of aliphatic hydroxyl groups excluding tert-OH is 1. The molecule has 0 aromatic heterocycles. The lowest BCUT2D eigenvalue weighted by atomic mass is 9.77. The molecule has 0 aliphatic carbocycles. The minimum absolute atomic E-state index is 0.215. The van der Waals surface area contributed by atoms with Gasteiger partial charge in [-0.15, -0.1) is 0 Å². The molecule has 4 aliphatic heterocycles. The molecular weight excluding hydrogens is 558 g/mol. The summed E-state index contributed by atoms with van der Waals surface area (Å²) < 4.78 is 12.3. The van der Waals surface area contributed by atoms with Crippen LogP contribution in [0.5, 0.6) is 5.75 Å². The van der Waals surface area contributed by atoms with Gasteiger partial charge < -0.3 is 29.3 Å². The smallest absolute Gasteiger partial charge is 0.253 e. The quantitative estimate of drug-likeness (QED) is 0.494. The van der Waals surface area contributed by atoms with Gasteiger partial charge in [-0.2, -0.15) is 0 Å². The van der Waals surface area contributed by atoms with Crippen molar-refractivity contribution >= 4 is 40.7 Å². The molecule has 220 valence electrons. The van der Waals surface area contributed by atoms with Crippen molar-refractivity contribution in [2.75, 3.05) is 36.1 Å². The average molecular weight is 592 g/mol. The first kappa shape index (κ1) is 28.5. The minimum Gasteiger partial charge on any atom is -0.494 e. The largest absolute Gasteiger partial charge is 0.494 e. The van der Waals surface area contributed by atoms with Gasteiger partial charge >= 0.3 is 0 Å². The van der Waals surface area contributed by atoms with E-state index in [1.54, 1.807) is 40.1 Å². The molecule has 9 nitrogen and oxygen atoms in total. The van der Waals surface area contributed by atoms with Gasteiger partial charge in [-0.3, -0.25) is 14.4 Å². The van der Waals surface area contributed by atoms with Crippen LogP contribution in [0.1, 0.15) is 20.3 Å². The van der Waals surface area contributed by atoms with Gasteiger partial charge in [0.25, 0.3) is 5.91 Å². The molecule has 10 heteroatoms. The first-order valence-electron chi connectivity index (χ1n) is 14.4. The lowest BCUT2D eigenvalue weighted by Gasteiger charge is -2.38. The molecule has 1 spiro atoms. The Hall–Kier alpha value is -3.66. The third kappa shape index (κ3) is 4.33. The predicted octanol–water partition coefficient (Wildman–Crippen LogP) is 3.60. The monoisotopic (exact) mass is 591 g/mol. The summed E-state index contributed by atoms with van der Waals surface area (Å²) in [7, 11) is 0. The number of benzene rings is 2. The summed E-state index contributed by atoms with van der Waals surface area (Å²) in [6.45, 7) is 4.49. The van der Waals surface area contributed by atoms with Gasteiger partial charge in [-0.25, -0.2) is 0 Å². The number of fused-ring (bicyclic) bond motifs is 2. The van der Waals surface area contributed by atoms with Crippen molar-refractivity contribution in [1.29, 1.82) is 0 Å². The highest BCUT2D eigenvalue weighted by molar-refractivity contribution is 6.34. The van der Waals surface area contributed by atoms with Crippen LogP contribution in [-0.4, -0.2) is 77.8 Å². The molecule has 6 rings (SSSR count). The lowest BCUT2D eigenvalue weighted by Crippen LogP contribution is -2.58. The molecule has 2 aromatic carbocycles. The maximum absolute atomic E-state index is 14.5. The number of hydrogen-bond donors (Lipinski definition) is 1. The fraction of sp³-hybridized carbons (Fsp3) is 0.406. The second kappa shape index (κ2) is 11.2. The maximum Gasteiger partial charge on any atom is 0.253 e. The summed E-state index contributed by atoms with van der Waals surface area (Å²) in [5, 5.41) is 10.7. The Labute approximate surface area is 249 Å². The van der Waals surface area contributed by atoms with Crippen molar-refractivity contribution in [3.05, 3.63) is 77.9 Å². The molecule has 1 N–H and O–H groups in total. The molecule has 3 amide bonds. The molecule has 6 atom stereocenters. The Kier molecular flexibility index (Phi) is 7.59. The van der Waals surface area contributed by atoms with E-state index in [0.29, 0.717) is 41.7 Å². The summed E-state index contributed by atoms with van der Waals surface area (Å²) in [6.07, 6.45) is 7.02. The average Bonchev–Trinajstić information content (AvgIpc) is 3.31. The summed E-state index contributed by atoms with van der Waals surface area (Å²) in [5.41, 5.74) is -0.208. The third-order valence-corrected chi connectivity index (χ3v) is 9.09. The number of likely N-dealkylation sites (tertiary alicyclic amines) is 1. The fourth-order valence-corrected chi connectivity index (χ4v) is 7.13. The molecule has 0 saturated carbocycles. The van der Waals surface area contributed by atoms with E-state index < -0.39 is 35.6 Å². The molecule has 1 unspecified atom stereocenters. The van der Waals surface area contributed by atoms with Gasteiger partial charge in [0.05, 0.1) is 47.9 Å². The van der Waals surface area contributed by atoms with Crippen LogP contribution in [0.4, 0.5) is 11.4 Å². The summed E-state index contributed by atoms with van der Waals surface area (Å²) in [4.78, 5) is 47.9. The van der Waals surface area contributed by atoms with Crippen molar-refractivity contribution in [2.45, 2.75) is 44.1 Å². The standard InChI is InChI=1S/C32H34ClN3O6/c1-3-20(19-37)36-28-31(40)35(24-10-6-5-9-23(24)33)18-8-16-32(28)27(30(36)39)26-25(42-32)11-7-17-34(29(26)38)21-12-14-22(15-13-21)41-4-2/h5-16,20,25-28,37H,3-4,17-19H2,1-2H3/t20-,25+,26-,27-,28?,32-/m0/s1. The Morgan fingerprint density at radius 1 is 1.00 bits per heavy atom. The van der Waals surface area contributed by atoms with Gasteiger partial charge in [0.2, 0.25) is 11.8 Å². The summed E-state index contributed by atoms with van der Waals surface area (Å²) >= 11 is 6.51. The number of anilines is 2.